The first-order chi connectivity index (χ1) is 17.7. The number of rotatable bonds is 6. The lowest BCUT2D eigenvalue weighted by molar-refractivity contribution is -0.156. The Hall–Kier alpha value is -2.97. The van der Waals surface area contributed by atoms with Gasteiger partial charge in [0.15, 0.2) is 0 Å². The lowest BCUT2D eigenvalue weighted by Gasteiger charge is -2.40. The van der Waals surface area contributed by atoms with E-state index in [1.807, 2.05) is 82.3 Å². The lowest BCUT2D eigenvalue weighted by Crippen LogP contribution is -2.57. The van der Waals surface area contributed by atoms with Gasteiger partial charge in [0.05, 0.1) is 30.1 Å². The summed E-state index contributed by atoms with van der Waals surface area (Å²) in [6.45, 7) is 8.83. The first-order valence-electron chi connectivity index (χ1n) is 13.3. The van der Waals surface area contributed by atoms with Crippen LogP contribution in [0.3, 0.4) is 0 Å². The van der Waals surface area contributed by atoms with E-state index in [0.29, 0.717) is 19.6 Å². The van der Waals surface area contributed by atoms with Crippen LogP contribution in [0.1, 0.15) is 45.7 Å². The maximum absolute atomic E-state index is 14.5. The Labute approximate surface area is 218 Å². The molecule has 4 heterocycles. The van der Waals surface area contributed by atoms with Gasteiger partial charge in [-0.1, -0.05) is 61.6 Å². The molecule has 6 atom stereocenters. The van der Waals surface area contributed by atoms with E-state index in [9.17, 15) is 19.5 Å². The van der Waals surface area contributed by atoms with E-state index in [1.54, 1.807) is 9.80 Å². The van der Waals surface area contributed by atoms with Crippen molar-refractivity contribution in [3.63, 3.8) is 0 Å². The Morgan fingerprint density at radius 2 is 1.70 bits per heavy atom. The average Bonchev–Trinajstić information content (AvgIpc) is 3.14. The number of ether oxygens (including phenoxy) is 1. The van der Waals surface area contributed by atoms with E-state index in [-0.39, 0.29) is 30.4 Å². The highest BCUT2D eigenvalue weighted by atomic mass is 16.5. The molecule has 3 amide bonds. The quantitative estimate of drug-likeness (QED) is 0.597. The van der Waals surface area contributed by atoms with E-state index in [1.165, 1.54) is 4.90 Å². The van der Waals surface area contributed by atoms with Crippen LogP contribution in [0.4, 0.5) is 0 Å². The van der Waals surface area contributed by atoms with Crippen LogP contribution in [0.25, 0.3) is 0 Å². The zero-order valence-corrected chi connectivity index (χ0v) is 22.0. The van der Waals surface area contributed by atoms with E-state index in [0.717, 1.165) is 12.0 Å². The van der Waals surface area contributed by atoms with Crippen LogP contribution in [0.15, 0.2) is 54.6 Å². The van der Waals surface area contributed by atoms with E-state index < -0.39 is 35.1 Å². The van der Waals surface area contributed by atoms with Crippen molar-refractivity contribution in [1.82, 2.24) is 14.7 Å². The number of fused-ring (bicyclic) bond motifs is 2. The topological polar surface area (TPSA) is 90.4 Å². The predicted octanol–water partition coefficient (Wildman–Crippen LogP) is 2.31. The summed E-state index contributed by atoms with van der Waals surface area (Å²) in [5.74, 6) is -2.35. The molecule has 4 aliphatic heterocycles. The minimum Gasteiger partial charge on any atom is -0.394 e. The molecule has 0 bridgehead atoms. The van der Waals surface area contributed by atoms with Crippen molar-refractivity contribution in [2.45, 2.75) is 63.4 Å². The highest BCUT2D eigenvalue weighted by Crippen LogP contribution is 2.58. The van der Waals surface area contributed by atoms with Crippen LogP contribution in [0.2, 0.25) is 0 Å². The molecule has 4 aliphatic rings. The molecule has 5 rings (SSSR count). The molecule has 0 aromatic heterocycles. The van der Waals surface area contributed by atoms with Crippen LogP contribution in [-0.4, -0.2) is 87.1 Å². The number of aliphatic hydroxyl groups is 1. The van der Waals surface area contributed by atoms with Crippen LogP contribution in [0.5, 0.6) is 0 Å². The summed E-state index contributed by atoms with van der Waals surface area (Å²) >= 11 is 0. The van der Waals surface area contributed by atoms with E-state index >= 15 is 0 Å². The van der Waals surface area contributed by atoms with Crippen molar-refractivity contribution in [3.05, 3.63) is 60.2 Å². The molecule has 0 aliphatic carbocycles. The van der Waals surface area contributed by atoms with Gasteiger partial charge in [-0.05, 0) is 32.8 Å². The zero-order valence-electron chi connectivity index (χ0n) is 22.0. The van der Waals surface area contributed by atoms with E-state index in [4.69, 9.17) is 4.74 Å². The summed E-state index contributed by atoms with van der Waals surface area (Å²) in [5.41, 5.74) is -1.63. The maximum atomic E-state index is 14.5. The SMILES string of the molecule is CCCN1CC=C[C@]2(C)O[C@]34C=CCN(C(C)C)C(=O)C3N([C@H](CO)c3ccccc3)C(=O)[C@@H]4[C@@H]2C1=O. The molecular weight excluding hydrogens is 470 g/mol. The molecule has 198 valence electrons. The number of carbonyl (C=O) groups excluding carboxylic acids is 3. The number of hydrogen-bond donors (Lipinski definition) is 1. The third kappa shape index (κ3) is 3.76. The summed E-state index contributed by atoms with van der Waals surface area (Å²) in [5, 5.41) is 10.6. The van der Waals surface area contributed by atoms with Gasteiger partial charge in [0.2, 0.25) is 17.7 Å². The molecule has 37 heavy (non-hydrogen) atoms. The second-order valence-electron chi connectivity index (χ2n) is 11.0. The molecule has 0 radical (unpaired) electrons. The summed E-state index contributed by atoms with van der Waals surface area (Å²) in [4.78, 5) is 47.8. The number of aliphatic hydroxyl groups excluding tert-OH is 1. The van der Waals surface area contributed by atoms with Gasteiger partial charge < -0.3 is 24.5 Å². The number of hydrogen-bond acceptors (Lipinski definition) is 5. The second kappa shape index (κ2) is 9.40. The Morgan fingerprint density at radius 1 is 1.00 bits per heavy atom. The molecule has 8 nitrogen and oxygen atoms in total. The normalized spacial score (nSPS) is 33.9. The smallest absolute Gasteiger partial charge is 0.249 e. The average molecular weight is 508 g/mol. The first-order valence-corrected chi connectivity index (χ1v) is 13.3. The maximum Gasteiger partial charge on any atom is 0.249 e. The summed E-state index contributed by atoms with van der Waals surface area (Å²) in [6, 6.07) is 7.40. The molecule has 1 aromatic carbocycles. The number of nitrogens with zero attached hydrogens (tertiary/aromatic N) is 3. The standard InChI is InChI=1S/C29H37N3O5/c1-5-15-30-16-9-13-28(4)22(25(30)34)23-26(35)32(21(18-33)20-11-7-6-8-12-20)24-27(36)31(19(2)3)17-10-14-29(23,24)37-28/h6-14,19,21-24,33H,5,15-18H2,1-4H3/t21-,22-,23+,24?,28+,29+/m1/s1. The highest BCUT2D eigenvalue weighted by Gasteiger charge is 2.75. The van der Waals surface area contributed by atoms with Crippen molar-refractivity contribution in [3.8, 4) is 0 Å². The number of carbonyl (C=O) groups is 3. The Balaban J connectivity index is 1.70. The molecule has 2 fully saturated rings. The molecule has 1 aromatic rings. The first kappa shape index (κ1) is 25.7. The van der Waals surface area contributed by atoms with Crippen molar-refractivity contribution in [2.24, 2.45) is 11.8 Å². The highest BCUT2D eigenvalue weighted by molar-refractivity contribution is 6.00. The van der Waals surface area contributed by atoms with Gasteiger partial charge in [-0.15, -0.1) is 0 Å². The largest absolute Gasteiger partial charge is 0.394 e. The van der Waals surface area contributed by atoms with Gasteiger partial charge in [-0.2, -0.15) is 0 Å². The van der Waals surface area contributed by atoms with Gasteiger partial charge in [0, 0.05) is 25.7 Å². The molecule has 1 N–H and O–H groups in total. The second-order valence-corrected chi connectivity index (χ2v) is 11.0. The Morgan fingerprint density at radius 3 is 2.35 bits per heavy atom. The van der Waals surface area contributed by atoms with Crippen molar-refractivity contribution < 1.29 is 24.2 Å². The van der Waals surface area contributed by atoms with Crippen LogP contribution < -0.4 is 0 Å². The van der Waals surface area contributed by atoms with Crippen molar-refractivity contribution in [2.75, 3.05) is 26.2 Å². The Bertz CT molecular complexity index is 1130. The molecule has 0 saturated carbocycles. The fourth-order valence-corrected chi connectivity index (χ4v) is 6.83. The third-order valence-corrected chi connectivity index (χ3v) is 8.42. The lowest BCUT2D eigenvalue weighted by atomic mass is 9.74. The van der Waals surface area contributed by atoms with Gasteiger partial charge in [0.25, 0.3) is 0 Å². The van der Waals surface area contributed by atoms with Crippen LogP contribution >= 0.6 is 0 Å². The predicted molar refractivity (Wildman–Crippen MR) is 138 cm³/mol. The molecule has 1 unspecified atom stereocenters. The molecule has 8 heteroatoms. The zero-order chi connectivity index (χ0) is 26.5. The van der Waals surface area contributed by atoms with Gasteiger partial charge >= 0.3 is 0 Å². The van der Waals surface area contributed by atoms with Crippen molar-refractivity contribution >= 4 is 17.7 Å². The minimum atomic E-state index is -1.32. The summed E-state index contributed by atoms with van der Waals surface area (Å²) in [6.07, 6.45) is 8.38. The molecule has 2 saturated heterocycles. The number of likely N-dealkylation sites (tertiary alicyclic amines) is 1. The summed E-state index contributed by atoms with van der Waals surface area (Å²) in [7, 11) is 0. The minimum absolute atomic E-state index is 0.100. The van der Waals surface area contributed by atoms with Crippen molar-refractivity contribution in [1.29, 1.82) is 0 Å². The Kier molecular flexibility index (Phi) is 6.52. The fourth-order valence-electron chi connectivity index (χ4n) is 6.83. The van der Waals surface area contributed by atoms with E-state index in [2.05, 4.69) is 0 Å². The third-order valence-electron chi connectivity index (χ3n) is 8.42. The molecule has 1 spiro atoms. The number of benzene rings is 1. The van der Waals surface area contributed by atoms with Crippen LogP contribution in [-0.2, 0) is 19.1 Å². The summed E-state index contributed by atoms with van der Waals surface area (Å²) < 4.78 is 6.84. The number of amides is 3. The van der Waals surface area contributed by atoms with Gasteiger partial charge in [-0.25, -0.2) is 0 Å². The van der Waals surface area contributed by atoms with Gasteiger partial charge in [-0.3, -0.25) is 14.4 Å². The van der Waals surface area contributed by atoms with Gasteiger partial charge in [0.1, 0.15) is 11.6 Å². The monoisotopic (exact) mass is 507 g/mol. The van der Waals surface area contributed by atoms with Crippen LogP contribution in [0, 0.1) is 11.8 Å². The molecular formula is C29H37N3O5. The fraction of sp³-hybridized carbons (Fsp3) is 0.552.